The van der Waals surface area contributed by atoms with E-state index in [0.717, 1.165) is 0 Å². The van der Waals surface area contributed by atoms with E-state index in [0.29, 0.717) is 19.1 Å². The van der Waals surface area contributed by atoms with E-state index in [1.807, 2.05) is 13.8 Å². The summed E-state index contributed by atoms with van der Waals surface area (Å²) >= 11 is 0. The van der Waals surface area contributed by atoms with Gasteiger partial charge in [0, 0.05) is 5.92 Å². The van der Waals surface area contributed by atoms with Crippen molar-refractivity contribution in [3.63, 3.8) is 0 Å². The Kier molecular flexibility index (Phi) is 2.91. The molecule has 1 heterocycles. The van der Waals surface area contributed by atoms with Crippen LogP contribution in [0.2, 0.25) is 0 Å². The molecule has 2 nitrogen and oxygen atoms in total. The Labute approximate surface area is 74.6 Å². The second kappa shape index (κ2) is 3.58. The molecule has 1 aliphatic heterocycles. The van der Waals surface area contributed by atoms with Crippen molar-refractivity contribution in [3.8, 4) is 0 Å². The van der Waals surface area contributed by atoms with Gasteiger partial charge in [0.2, 0.25) is 0 Å². The number of ether oxygens (including phenoxy) is 2. The van der Waals surface area contributed by atoms with Crippen LogP contribution in [-0.4, -0.2) is 19.0 Å². The molecule has 0 aliphatic carbocycles. The van der Waals surface area contributed by atoms with Crippen molar-refractivity contribution in [1.29, 1.82) is 0 Å². The van der Waals surface area contributed by atoms with Gasteiger partial charge in [0.05, 0.1) is 13.2 Å². The van der Waals surface area contributed by atoms with E-state index >= 15 is 0 Å². The topological polar surface area (TPSA) is 18.5 Å². The second-order valence-corrected chi connectivity index (χ2v) is 3.46. The van der Waals surface area contributed by atoms with Crippen LogP contribution in [0.15, 0.2) is 12.7 Å². The summed E-state index contributed by atoms with van der Waals surface area (Å²) in [4.78, 5) is 0. The minimum atomic E-state index is -0.606. The zero-order valence-electron chi connectivity index (χ0n) is 7.75. The highest BCUT2D eigenvalue weighted by atomic mass is 16.7. The van der Waals surface area contributed by atoms with Gasteiger partial charge in [-0.25, -0.2) is 0 Å². The largest absolute Gasteiger partial charge is 0.346 e. The molecule has 0 N–H and O–H groups in total. The Hall–Kier alpha value is -0.340. The van der Waals surface area contributed by atoms with Crippen LogP contribution in [0.3, 0.4) is 0 Å². The molecule has 0 aromatic rings. The van der Waals surface area contributed by atoms with E-state index in [4.69, 9.17) is 16.4 Å². The molecule has 1 fully saturated rings. The molecule has 1 unspecified atom stereocenters. The maximum absolute atomic E-state index is 5.71. The van der Waals surface area contributed by atoms with Crippen LogP contribution < -0.4 is 0 Å². The highest BCUT2D eigenvalue weighted by Crippen LogP contribution is 2.25. The fourth-order valence-corrected chi connectivity index (χ4v) is 1.06. The number of hydrogen-bond donors (Lipinski definition) is 0. The van der Waals surface area contributed by atoms with Crippen molar-refractivity contribution in [2.75, 3.05) is 13.2 Å². The zero-order chi connectivity index (χ0) is 9.19. The maximum Gasteiger partial charge on any atom is 0.184 e. The van der Waals surface area contributed by atoms with Crippen molar-refractivity contribution < 1.29 is 9.47 Å². The van der Waals surface area contributed by atoms with Crippen LogP contribution >= 0.6 is 0 Å². The van der Waals surface area contributed by atoms with E-state index in [-0.39, 0.29) is 5.92 Å². The van der Waals surface area contributed by atoms with E-state index in [1.165, 1.54) is 0 Å². The number of hydrogen-bond acceptors (Lipinski definition) is 2. The molecule has 0 bridgehead atoms. The monoisotopic (exact) mass is 168 g/mol. The first-order chi connectivity index (χ1) is 5.57. The molecule has 1 saturated heterocycles. The third-order valence-corrected chi connectivity index (χ3v) is 2.28. The summed E-state index contributed by atoms with van der Waals surface area (Å²) in [5, 5.41) is 0. The Bertz CT molecular complexity index is 155. The van der Waals surface area contributed by atoms with E-state index in [1.54, 1.807) is 6.08 Å². The fourth-order valence-electron chi connectivity index (χ4n) is 1.06. The minimum Gasteiger partial charge on any atom is -0.346 e. The fraction of sp³-hybridized carbons (Fsp3) is 0.700. The van der Waals surface area contributed by atoms with Crippen LogP contribution in [0.5, 0.6) is 0 Å². The van der Waals surface area contributed by atoms with Gasteiger partial charge in [-0.05, 0) is 25.8 Å². The van der Waals surface area contributed by atoms with E-state index in [9.17, 15) is 0 Å². The standard InChI is InChI=1S/C10H16O2/c1-5-10(4)11-6-9(7-12-10)8(2)3/h2,5,8-9H,1,6-7H2,3-4H3. The van der Waals surface area contributed by atoms with E-state index < -0.39 is 5.79 Å². The lowest BCUT2D eigenvalue weighted by Gasteiger charge is -2.36. The lowest BCUT2D eigenvalue weighted by atomic mass is 9.97. The second-order valence-electron chi connectivity index (χ2n) is 3.46. The van der Waals surface area contributed by atoms with Crippen LogP contribution in [0.25, 0.3) is 0 Å². The van der Waals surface area contributed by atoms with Gasteiger partial charge in [-0.1, -0.05) is 13.5 Å². The van der Waals surface area contributed by atoms with Gasteiger partial charge in [0.25, 0.3) is 0 Å². The summed E-state index contributed by atoms with van der Waals surface area (Å²) in [5.41, 5.74) is 0. The molecule has 0 aromatic heterocycles. The molecule has 1 atom stereocenters. The zero-order valence-corrected chi connectivity index (χ0v) is 7.75. The lowest BCUT2D eigenvalue weighted by molar-refractivity contribution is -0.247. The normalized spacial score (nSPS) is 36.8. The van der Waals surface area contributed by atoms with Crippen molar-refractivity contribution in [3.05, 3.63) is 19.6 Å². The van der Waals surface area contributed by atoms with Crippen LogP contribution in [0.4, 0.5) is 0 Å². The molecular formula is C10H16O2. The van der Waals surface area contributed by atoms with Crippen molar-refractivity contribution in [1.82, 2.24) is 0 Å². The Morgan fingerprint density at radius 2 is 2.08 bits per heavy atom. The lowest BCUT2D eigenvalue weighted by Crippen LogP contribution is -2.41. The summed E-state index contributed by atoms with van der Waals surface area (Å²) in [6, 6.07) is 0. The molecule has 1 aliphatic rings. The summed E-state index contributed by atoms with van der Waals surface area (Å²) in [6.45, 7) is 14.5. The van der Waals surface area contributed by atoms with Crippen molar-refractivity contribution in [2.24, 2.45) is 11.8 Å². The van der Waals surface area contributed by atoms with Crippen LogP contribution in [0, 0.1) is 18.8 Å². The first-order valence-corrected chi connectivity index (χ1v) is 4.24. The summed E-state index contributed by atoms with van der Waals surface area (Å²) in [7, 11) is 0. The molecule has 1 rings (SSSR count). The van der Waals surface area contributed by atoms with E-state index in [2.05, 4.69) is 6.58 Å². The Morgan fingerprint density at radius 1 is 1.58 bits per heavy atom. The molecular weight excluding hydrogens is 152 g/mol. The first kappa shape index (κ1) is 9.75. The average molecular weight is 168 g/mol. The molecule has 0 amide bonds. The highest BCUT2D eigenvalue weighted by Gasteiger charge is 2.31. The molecule has 2 radical (unpaired) electrons. The minimum absolute atomic E-state index is 0.124. The Morgan fingerprint density at radius 3 is 2.42 bits per heavy atom. The van der Waals surface area contributed by atoms with Crippen molar-refractivity contribution >= 4 is 0 Å². The molecule has 12 heavy (non-hydrogen) atoms. The first-order valence-electron chi connectivity index (χ1n) is 4.24. The predicted molar refractivity (Wildman–Crippen MR) is 47.5 cm³/mol. The SMILES string of the molecule is [CH]C(C)C1COC(C)(C=C)OC1. The van der Waals surface area contributed by atoms with Gasteiger partial charge in [-0.15, -0.1) is 0 Å². The Balaban J connectivity index is 2.44. The third kappa shape index (κ3) is 2.08. The summed E-state index contributed by atoms with van der Waals surface area (Å²) in [6.07, 6.45) is 1.67. The van der Waals surface area contributed by atoms with Crippen molar-refractivity contribution in [2.45, 2.75) is 19.6 Å². The smallest absolute Gasteiger partial charge is 0.184 e. The highest BCUT2D eigenvalue weighted by molar-refractivity contribution is 4.88. The molecule has 2 heteroatoms. The molecule has 0 aromatic carbocycles. The third-order valence-electron chi connectivity index (χ3n) is 2.28. The average Bonchev–Trinajstić information content (AvgIpc) is 2.05. The van der Waals surface area contributed by atoms with Crippen LogP contribution in [-0.2, 0) is 9.47 Å². The summed E-state index contributed by atoms with van der Waals surface area (Å²) < 4.78 is 10.9. The predicted octanol–water partition coefficient (Wildman–Crippen LogP) is 1.90. The van der Waals surface area contributed by atoms with Gasteiger partial charge < -0.3 is 9.47 Å². The summed E-state index contributed by atoms with van der Waals surface area (Å²) in [5.74, 6) is -0.178. The van der Waals surface area contributed by atoms with Gasteiger partial charge in [-0.3, -0.25) is 0 Å². The van der Waals surface area contributed by atoms with Gasteiger partial charge >= 0.3 is 0 Å². The number of rotatable bonds is 2. The van der Waals surface area contributed by atoms with Gasteiger partial charge in [-0.2, -0.15) is 0 Å². The molecule has 0 saturated carbocycles. The molecule has 0 spiro atoms. The quantitative estimate of drug-likeness (QED) is 0.586. The maximum atomic E-state index is 5.71. The van der Waals surface area contributed by atoms with Crippen LogP contribution in [0.1, 0.15) is 13.8 Å². The molecule has 68 valence electrons. The van der Waals surface area contributed by atoms with Gasteiger partial charge in [0.15, 0.2) is 5.79 Å². The van der Waals surface area contributed by atoms with Gasteiger partial charge in [0.1, 0.15) is 0 Å².